The first-order valence-electron chi connectivity index (χ1n) is 2.95. The molecule has 0 saturated heterocycles. The lowest BCUT2D eigenvalue weighted by Gasteiger charge is -1.89. The minimum atomic E-state index is -0.721. The fourth-order valence-electron chi connectivity index (χ4n) is 0.781. The molecule has 0 aliphatic rings. The van der Waals surface area contributed by atoms with E-state index in [1.807, 2.05) is 0 Å². The monoisotopic (exact) mass is 167 g/mol. The van der Waals surface area contributed by atoms with E-state index in [0.717, 1.165) is 4.68 Å². The molecule has 0 amide bonds. The van der Waals surface area contributed by atoms with Crippen molar-refractivity contribution in [1.29, 1.82) is 5.26 Å². The van der Waals surface area contributed by atoms with E-state index in [9.17, 15) is 10.1 Å². The van der Waals surface area contributed by atoms with Crippen molar-refractivity contribution in [3.8, 4) is 6.07 Å². The van der Waals surface area contributed by atoms with Gasteiger partial charge in [0.05, 0.1) is 4.92 Å². The molecule has 0 aliphatic carbocycles. The third-order valence-electron chi connectivity index (χ3n) is 1.35. The predicted molar refractivity (Wildman–Crippen MR) is 39.0 cm³/mol. The molecule has 1 heterocycles. The quantitative estimate of drug-likeness (QED) is 0.459. The molecule has 7 heteroatoms. The highest BCUT2D eigenvalue weighted by Crippen LogP contribution is 2.23. The van der Waals surface area contributed by atoms with Crippen molar-refractivity contribution >= 4 is 11.5 Å². The molecule has 62 valence electrons. The van der Waals surface area contributed by atoms with Gasteiger partial charge in [-0.25, -0.2) is 4.68 Å². The highest BCUT2D eigenvalue weighted by molar-refractivity contribution is 5.60. The Morgan fingerprint density at radius 3 is 2.75 bits per heavy atom. The van der Waals surface area contributed by atoms with Gasteiger partial charge in [0, 0.05) is 7.05 Å². The number of rotatable bonds is 1. The summed E-state index contributed by atoms with van der Waals surface area (Å²) in [7, 11) is 1.43. The van der Waals surface area contributed by atoms with E-state index in [1.165, 1.54) is 7.05 Å². The summed E-state index contributed by atoms with van der Waals surface area (Å²) in [5, 5.41) is 22.3. The number of hydrogen-bond donors (Lipinski definition) is 1. The van der Waals surface area contributed by atoms with Crippen molar-refractivity contribution in [3.63, 3.8) is 0 Å². The van der Waals surface area contributed by atoms with Crippen LogP contribution < -0.4 is 5.73 Å². The van der Waals surface area contributed by atoms with Crippen molar-refractivity contribution in [2.75, 3.05) is 5.73 Å². The van der Waals surface area contributed by atoms with Crippen molar-refractivity contribution in [1.82, 2.24) is 9.78 Å². The van der Waals surface area contributed by atoms with Crippen LogP contribution in [0.15, 0.2) is 0 Å². The fourth-order valence-corrected chi connectivity index (χ4v) is 0.781. The third kappa shape index (κ3) is 0.950. The molecular formula is C5H5N5O2. The second-order valence-electron chi connectivity index (χ2n) is 2.07. The van der Waals surface area contributed by atoms with E-state index in [4.69, 9.17) is 11.0 Å². The first-order valence-corrected chi connectivity index (χ1v) is 2.95. The van der Waals surface area contributed by atoms with Gasteiger partial charge in [0.25, 0.3) is 0 Å². The zero-order chi connectivity index (χ0) is 9.30. The van der Waals surface area contributed by atoms with Gasteiger partial charge in [-0.3, -0.25) is 10.1 Å². The molecule has 0 fully saturated rings. The lowest BCUT2D eigenvalue weighted by atomic mass is 10.4. The number of nitrogens with two attached hydrogens (primary N) is 1. The van der Waals surface area contributed by atoms with Crippen molar-refractivity contribution in [3.05, 3.63) is 15.8 Å². The SMILES string of the molecule is Cn1nc(C#N)c([N+](=O)[O-])c1N. The van der Waals surface area contributed by atoms with E-state index >= 15 is 0 Å². The largest absolute Gasteiger partial charge is 0.378 e. The van der Waals surface area contributed by atoms with Crippen LogP contribution in [0.4, 0.5) is 11.5 Å². The van der Waals surface area contributed by atoms with Gasteiger partial charge < -0.3 is 5.73 Å². The molecule has 0 saturated carbocycles. The van der Waals surface area contributed by atoms with E-state index in [-0.39, 0.29) is 11.5 Å². The molecule has 2 N–H and O–H groups in total. The van der Waals surface area contributed by atoms with Gasteiger partial charge in [0.2, 0.25) is 11.5 Å². The summed E-state index contributed by atoms with van der Waals surface area (Å²) in [4.78, 5) is 9.61. The molecule has 0 bridgehead atoms. The number of nitriles is 1. The number of aryl methyl sites for hydroxylation is 1. The van der Waals surface area contributed by atoms with Crippen LogP contribution in [-0.4, -0.2) is 14.7 Å². The average Bonchev–Trinajstić information content (AvgIpc) is 2.28. The number of hydrogen-bond acceptors (Lipinski definition) is 5. The van der Waals surface area contributed by atoms with Gasteiger partial charge in [-0.2, -0.15) is 10.4 Å². The highest BCUT2D eigenvalue weighted by Gasteiger charge is 2.24. The van der Waals surface area contributed by atoms with Crippen LogP contribution in [-0.2, 0) is 7.05 Å². The smallest absolute Gasteiger partial charge is 0.348 e. The molecule has 1 rings (SSSR count). The van der Waals surface area contributed by atoms with Crippen LogP contribution in [0.25, 0.3) is 0 Å². The predicted octanol–water partition coefficient (Wildman–Crippen LogP) is -0.218. The number of nitro groups is 1. The van der Waals surface area contributed by atoms with Crippen LogP contribution in [0, 0.1) is 21.4 Å². The lowest BCUT2D eigenvalue weighted by Crippen LogP contribution is -1.99. The molecule has 7 nitrogen and oxygen atoms in total. The second kappa shape index (κ2) is 2.50. The van der Waals surface area contributed by atoms with Crippen LogP contribution in [0.5, 0.6) is 0 Å². The summed E-state index contributed by atoms with van der Waals surface area (Å²) in [6.45, 7) is 0. The number of nitrogen functional groups attached to an aromatic ring is 1. The van der Waals surface area contributed by atoms with Crippen molar-refractivity contribution in [2.24, 2.45) is 7.05 Å². The minimum absolute atomic E-state index is 0.114. The Bertz CT molecular complexity index is 374. The van der Waals surface area contributed by atoms with Crippen LogP contribution in [0.2, 0.25) is 0 Å². The summed E-state index contributed by atoms with van der Waals surface area (Å²) < 4.78 is 1.09. The molecule has 1 aromatic heterocycles. The fraction of sp³-hybridized carbons (Fsp3) is 0.200. The summed E-state index contributed by atoms with van der Waals surface area (Å²) >= 11 is 0. The first-order chi connectivity index (χ1) is 5.57. The maximum Gasteiger partial charge on any atom is 0.348 e. The summed E-state index contributed by atoms with van der Waals surface area (Å²) in [6, 6.07) is 1.58. The van der Waals surface area contributed by atoms with Gasteiger partial charge in [0.1, 0.15) is 6.07 Å². The Kier molecular flexibility index (Phi) is 1.67. The van der Waals surface area contributed by atoms with E-state index in [2.05, 4.69) is 5.10 Å². The van der Waals surface area contributed by atoms with Gasteiger partial charge in [0.15, 0.2) is 0 Å². The highest BCUT2D eigenvalue weighted by atomic mass is 16.6. The average molecular weight is 167 g/mol. The molecule has 1 aromatic rings. The normalized spacial score (nSPS) is 9.33. The van der Waals surface area contributed by atoms with E-state index in [0.29, 0.717) is 0 Å². The first kappa shape index (κ1) is 8.00. The molecule has 0 aromatic carbocycles. The van der Waals surface area contributed by atoms with E-state index in [1.54, 1.807) is 6.07 Å². The summed E-state index contributed by atoms with van der Waals surface area (Å²) in [5.74, 6) is -0.114. The zero-order valence-electron chi connectivity index (χ0n) is 6.18. The molecular weight excluding hydrogens is 162 g/mol. The van der Waals surface area contributed by atoms with Gasteiger partial charge in [-0.05, 0) is 0 Å². The Balaban J connectivity index is 3.44. The van der Waals surface area contributed by atoms with E-state index < -0.39 is 10.6 Å². The molecule has 0 unspecified atom stereocenters. The lowest BCUT2D eigenvalue weighted by molar-refractivity contribution is -0.384. The van der Waals surface area contributed by atoms with Gasteiger partial charge >= 0.3 is 5.69 Å². The van der Waals surface area contributed by atoms with Crippen molar-refractivity contribution in [2.45, 2.75) is 0 Å². The molecule has 0 aliphatic heterocycles. The standard InChI is InChI=1S/C5H5N5O2/c1-9-5(7)4(10(11)12)3(2-6)8-9/h7H2,1H3. The second-order valence-corrected chi connectivity index (χ2v) is 2.07. The van der Waals surface area contributed by atoms with Crippen LogP contribution in [0.1, 0.15) is 5.69 Å². The third-order valence-corrected chi connectivity index (χ3v) is 1.35. The Hall–Kier alpha value is -2.10. The topological polar surface area (TPSA) is 111 Å². The maximum absolute atomic E-state index is 10.3. The maximum atomic E-state index is 10.3. The number of anilines is 1. The Morgan fingerprint density at radius 1 is 1.83 bits per heavy atom. The van der Waals surface area contributed by atoms with Crippen molar-refractivity contribution < 1.29 is 4.92 Å². The molecule has 12 heavy (non-hydrogen) atoms. The Labute approximate surface area is 67.2 Å². The van der Waals surface area contributed by atoms with Crippen LogP contribution >= 0.6 is 0 Å². The van der Waals surface area contributed by atoms with Gasteiger partial charge in [-0.15, -0.1) is 0 Å². The number of aromatic nitrogens is 2. The minimum Gasteiger partial charge on any atom is -0.378 e. The summed E-state index contributed by atoms with van der Waals surface area (Å²) in [6.07, 6.45) is 0. The molecule has 0 radical (unpaired) electrons. The van der Waals surface area contributed by atoms with Gasteiger partial charge in [-0.1, -0.05) is 0 Å². The number of nitrogens with zero attached hydrogens (tertiary/aromatic N) is 4. The molecule has 0 atom stereocenters. The Morgan fingerprint density at radius 2 is 2.42 bits per heavy atom. The van der Waals surface area contributed by atoms with Crippen LogP contribution in [0.3, 0.4) is 0 Å². The zero-order valence-corrected chi connectivity index (χ0v) is 6.18. The summed E-state index contributed by atoms with van der Waals surface area (Å²) in [5.41, 5.74) is 4.59. The molecule has 0 spiro atoms.